The molecule has 0 aromatic carbocycles. The van der Waals surface area contributed by atoms with E-state index in [0.29, 0.717) is 18.3 Å². The Kier molecular flexibility index (Phi) is 5.00. The molecule has 2 N–H and O–H groups in total. The highest BCUT2D eigenvalue weighted by molar-refractivity contribution is 7.13. The number of aromatic nitrogens is 2. The fourth-order valence-corrected chi connectivity index (χ4v) is 3.40. The van der Waals surface area contributed by atoms with Crippen LogP contribution in [0.25, 0.3) is 0 Å². The van der Waals surface area contributed by atoms with Crippen LogP contribution in [-0.2, 0) is 6.54 Å². The molecule has 0 spiro atoms. The van der Waals surface area contributed by atoms with Crippen LogP contribution in [0.5, 0.6) is 0 Å². The van der Waals surface area contributed by atoms with E-state index < -0.39 is 0 Å². The minimum absolute atomic E-state index is 0.154. The molecule has 0 saturated heterocycles. The maximum atomic E-state index is 12.1. The number of amides is 1. The van der Waals surface area contributed by atoms with Gasteiger partial charge in [-0.1, -0.05) is 25.3 Å². The fraction of sp³-hybridized carbons (Fsp3) is 0.438. The molecule has 6 heteroatoms. The third-order valence-electron chi connectivity index (χ3n) is 3.83. The number of nitrogens with zero attached hydrogens (tertiary/aromatic N) is 2. The third kappa shape index (κ3) is 4.04. The molecule has 2 aromatic rings. The zero-order valence-corrected chi connectivity index (χ0v) is 13.2. The van der Waals surface area contributed by atoms with E-state index in [4.69, 9.17) is 0 Å². The van der Waals surface area contributed by atoms with Crippen LogP contribution in [0.1, 0.15) is 48.3 Å². The van der Waals surface area contributed by atoms with Gasteiger partial charge in [-0.05, 0) is 25.0 Å². The molecular formula is C16H20N4OS. The second kappa shape index (κ2) is 7.35. The van der Waals surface area contributed by atoms with Gasteiger partial charge < -0.3 is 10.6 Å². The molecular weight excluding hydrogens is 296 g/mol. The van der Waals surface area contributed by atoms with Gasteiger partial charge in [-0.2, -0.15) is 0 Å². The van der Waals surface area contributed by atoms with E-state index in [9.17, 15) is 4.79 Å². The molecule has 0 aliphatic heterocycles. The number of pyridine rings is 1. The summed E-state index contributed by atoms with van der Waals surface area (Å²) in [6, 6.07) is 6.15. The summed E-state index contributed by atoms with van der Waals surface area (Å²) >= 11 is 1.49. The van der Waals surface area contributed by atoms with Gasteiger partial charge in [0.05, 0.1) is 12.2 Å². The Balaban J connectivity index is 1.52. The molecule has 0 atom stereocenters. The van der Waals surface area contributed by atoms with Crippen LogP contribution in [0.4, 0.5) is 5.13 Å². The average molecular weight is 316 g/mol. The Labute approximate surface area is 134 Å². The van der Waals surface area contributed by atoms with Crippen molar-refractivity contribution in [2.45, 2.75) is 44.7 Å². The quantitative estimate of drug-likeness (QED) is 0.889. The molecule has 0 radical (unpaired) electrons. The third-order valence-corrected chi connectivity index (χ3v) is 4.60. The number of rotatable bonds is 5. The fourth-order valence-electron chi connectivity index (χ4n) is 2.63. The molecule has 3 rings (SSSR count). The van der Waals surface area contributed by atoms with E-state index in [2.05, 4.69) is 20.6 Å². The summed E-state index contributed by atoms with van der Waals surface area (Å²) in [6.45, 7) is 0.419. The summed E-state index contributed by atoms with van der Waals surface area (Å²) in [5.41, 5.74) is 1.31. The smallest absolute Gasteiger partial charge is 0.271 e. The highest BCUT2D eigenvalue weighted by Gasteiger charge is 2.16. The maximum absolute atomic E-state index is 12.1. The van der Waals surface area contributed by atoms with Crippen molar-refractivity contribution < 1.29 is 4.79 Å². The minimum Gasteiger partial charge on any atom is -0.359 e. The molecule has 2 aromatic heterocycles. The van der Waals surface area contributed by atoms with E-state index in [1.165, 1.54) is 43.4 Å². The molecule has 1 aliphatic rings. The molecule has 2 heterocycles. The number of carbonyl (C=O) groups is 1. The predicted molar refractivity (Wildman–Crippen MR) is 88.0 cm³/mol. The van der Waals surface area contributed by atoms with Gasteiger partial charge in [-0.25, -0.2) is 4.98 Å². The van der Waals surface area contributed by atoms with Crippen LogP contribution >= 0.6 is 11.3 Å². The van der Waals surface area contributed by atoms with Crippen molar-refractivity contribution in [2.75, 3.05) is 5.32 Å². The Morgan fingerprint density at radius 2 is 2.14 bits per heavy atom. The molecule has 1 fully saturated rings. The highest BCUT2D eigenvalue weighted by atomic mass is 32.1. The van der Waals surface area contributed by atoms with Gasteiger partial charge in [0.1, 0.15) is 5.69 Å². The van der Waals surface area contributed by atoms with Gasteiger partial charge in [-0.15, -0.1) is 11.3 Å². The first-order valence-corrected chi connectivity index (χ1v) is 8.59. The first-order chi connectivity index (χ1) is 10.8. The van der Waals surface area contributed by atoms with Crippen molar-refractivity contribution in [1.29, 1.82) is 0 Å². The SMILES string of the molecule is O=C(NCc1ccccn1)c1csc(NC2CCCCC2)n1. The standard InChI is InChI=1S/C16H20N4OS/c21-15(18-10-13-8-4-5-9-17-13)14-11-22-16(20-14)19-12-6-2-1-3-7-12/h4-5,8-9,11-12H,1-3,6-7,10H2,(H,18,21)(H,19,20). The minimum atomic E-state index is -0.154. The van der Waals surface area contributed by atoms with Crippen molar-refractivity contribution in [1.82, 2.24) is 15.3 Å². The Morgan fingerprint density at radius 1 is 1.27 bits per heavy atom. The van der Waals surface area contributed by atoms with Crippen LogP contribution in [0.15, 0.2) is 29.8 Å². The van der Waals surface area contributed by atoms with E-state index in [1.54, 1.807) is 11.6 Å². The van der Waals surface area contributed by atoms with Crippen molar-refractivity contribution in [3.63, 3.8) is 0 Å². The number of anilines is 1. The summed E-state index contributed by atoms with van der Waals surface area (Å²) < 4.78 is 0. The number of nitrogens with one attached hydrogen (secondary N) is 2. The molecule has 22 heavy (non-hydrogen) atoms. The Hall–Kier alpha value is -1.95. The second-order valence-corrected chi connectivity index (χ2v) is 6.38. The van der Waals surface area contributed by atoms with Crippen LogP contribution in [0, 0.1) is 0 Å². The lowest BCUT2D eigenvalue weighted by Crippen LogP contribution is -2.24. The van der Waals surface area contributed by atoms with E-state index in [1.807, 2.05) is 18.2 Å². The summed E-state index contributed by atoms with van der Waals surface area (Å²) in [4.78, 5) is 20.7. The van der Waals surface area contributed by atoms with E-state index in [-0.39, 0.29) is 5.91 Å². The molecule has 1 aliphatic carbocycles. The van der Waals surface area contributed by atoms with Gasteiger partial charge >= 0.3 is 0 Å². The molecule has 1 amide bonds. The normalized spacial score (nSPS) is 15.5. The summed E-state index contributed by atoms with van der Waals surface area (Å²) in [5.74, 6) is -0.154. The topological polar surface area (TPSA) is 66.9 Å². The number of hydrogen-bond donors (Lipinski definition) is 2. The van der Waals surface area contributed by atoms with Crippen molar-refractivity contribution >= 4 is 22.4 Å². The zero-order valence-electron chi connectivity index (χ0n) is 12.4. The van der Waals surface area contributed by atoms with Gasteiger partial charge in [0.25, 0.3) is 5.91 Å². The van der Waals surface area contributed by atoms with Gasteiger partial charge in [-0.3, -0.25) is 9.78 Å². The van der Waals surface area contributed by atoms with Gasteiger partial charge in [0, 0.05) is 17.6 Å². The van der Waals surface area contributed by atoms with E-state index in [0.717, 1.165) is 10.8 Å². The summed E-state index contributed by atoms with van der Waals surface area (Å²) in [5, 5.41) is 8.94. The van der Waals surface area contributed by atoms with E-state index >= 15 is 0 Å². The van der Waals surface area contributed by atoms with Gasteiger partial charge in [0.15, 0.2) is 5.13 Å². The number of carbonyl (C=O) groups excluding carboxylic acids is 1. The number of thiazole rings is 1. The molecule has 1 saturated carbocycles. The molecule has 0 unspecified atom stereocenters. The summed E-state index contributed by atoms with van der Waals surface area (Å²) in [6.07, 6.45) is 8.00. The summed E-state index contributed by atoms with van der Waals surface area (Å²) in [7, 11) is 0. The lowest BCUT2D eigenvalue weighted by Gasteiger charge is -2.22. The monoisotopic (exact) mass is 316 g/mol. The molecule has 116 valence electrons. The zero-order chi connectivity index (χ0) is 15.2. The Morgan fingerprint density at radius 3 is 2.91 bits per heavy atom. The lowest BCUT2D eigenvalue weighted by molar-refractivity contribution is 0.0946. The van der Waals surface area contributed by atoms with Crippen molar-refractivity contribution in [2.24, 2.45) is 0 Å². The van der Waals surface area contributed by atoms with Crippen molar-refractivity contribution in [3.8, 4) is 0 Å². The second-order valence-electron chi connectivity index (χ2n) is 5.52. The largest absolute Gasteiger partial charge is 0.359 e. The number of hydrogen-bond acceptors (Lipinski definition) is 5. The average Bonchev–Trinajstić information content (AvgIpc) is 3.03. The lowest BCUT2D eigenvalue weighted by atomic mass is 9.96. The van der Waals surface area contributed by atoms with Crippen LogP contribution in [0.3, 0.4) is 0 Å². The van der Waals surface area contributed by atoms with Crippen LogP contribution in [-0.4, -0.2) is 21.9 Å². The van der Waals surface area contributed by atoms with Crippen LogP contribution in [0.2, 0.25) is 0 Å². The van der Waals surface area contributed by atoms with Gasteiger partial charge in [0.2, 0.25) is 0 Å². The Bertz CT molecular complexity index is 608. The molecule has 0 bridgehead atoms. The predicted octanol–water partition coefficient (Wildman–Crippen LogP) is 3.21. The first-order valence-electron chi connectivity index (χ1n) is 7.71. The van der Waals surface area contributed by atoms with Crippen LogP contribution < -0.4 is 10.6 Å². The van der Waals surface area contributed by atoms with Crippen molar-refractivity contribution in [3.05, 3.63) is 41.2 Å². The molecule has 5 nitrogen and oxygen atoms in total. The maximum Gasteiger partial charge on any atom is 0.271 e. The first kappa shape index (κ1) is 15.0. The highest BCUT2D eigenvalue weighted by Crippen LogP contribution is 2.23.